The number of anilines is 1. The first kappa shape index (κ1) is 25.5. The molecule has 180 valence electrons. The summed E-state index contributed by atoms with van der Waals surface area (Å²) >= 11 is 3.15. The van der Waals surface area contributed by atoms with Gasteiger partial charge in [-0.1, -0.05) is 18.9 Å². The zero-order valence-electron chi connectivity index (χ0n) is 20.0. The molecular weight excluding hydrogens is 454 g/mol. The first-order valence-corrected chi connectivity index (χ1v) is 13.7. The normalized spacial score (nSPS) is 15.6. The van der Waals surface area contributed by atoms with Crippen LogP contribution in [0.5, 0.6) is 0 Å². The minimum atomic E-state index is -0.149. The van der Waals surface area contributed by atoms with E-state index < -0.39 is 0 Å². The van der Waals surface area contributed by atoms with Crippen LogP contribution in [0, 0.1) is 6.92 Å². The SMILES string of the molecule is CCCNCCCNC(=O)c1cc(C(=O)N2CCCC2c2nc(C)cs2)cc(N(C)SC)c1. The van der Waals surface area contributed by atoms with Crippen molar-refractivity contribution >= 4 is 40.8 Å². The van der Waals surface area contributed by atoms with E-state index in [-0.39, 0.29) is 17.9 Å². The number of thiazole rings is 1. The highest BCUT2D eigenvalue weighted by atomic mass is 32.2. The van der Waals surface area contributed by atoms with Crippen molar-refractivity contribution < 1.29 is 9.59 Å². The lowest BCUT2D eigenvalue weighted by molar-refractivity contribution is 0.0735. The molecule has 1 aromatic carbocycles. The smallest absolute Gasteiger partial charge is 0.254 e. The molecular formula is C24H35N5O2S2. The van der Waals surface area contributed by atoms with Crippen molar-refractivity contribution in [2.45, 2.75) is 45.6 Å². The van der Waals surface area contributed by atoms with Crippen molar-refractivity contribution in [1.29, 1.82) is 0 Å². The van der Waals surface area contributed by atoms with Gasteiger partial charge in [0.2, 0.25) is 0 Å². The van der Waals surface area contributed by atoms with Crippen LogP contribution in [0.2, 0.25) is 0 Å². The Balaban J connectivity index is 1.77. The van der Waals surface area contributed by atoms with E-state index in [1.807, 2.05) is 46.9 Å². The number of carbonyl (C=O) groups excluding carboxylic acids is 2. The molecule has 0 radical (unpaired) electrons. The highest BCUT2D eigenvalue weighted by Gasteiger charge is 2.33. The molecule has 33 heavy (non-hydrogen) atoms. The largest absolute Gasteiger partial charge is 0.352 e. The summed E-state index contributed by atoms with van der Waals surface area (Å²) in [6.07, 6.45) is 5.81. The summed E-state index contributed by atoms with van der Waals surface area (Å²) in [5.41, 5.74) is 2.88. The standard InChI is InChI=1S/C24H35N5O2S2/c1-5-9-25-10-7-11-26-22(30)18-13-19(15-20(14-18)28(3)32-4)24(31)29-12-6-8-21(29)23-27-17(2)16-33-23/h13-16,21,25H,5-12H2,1-4H3,(H,26,30). The maximum absolute atomic E-state index is 13.6. The van der Waals surface area contributed by atoms with E-state index in [1.165, 1.54) is 0 Å². The number of nitrogens with one attached hydrogen (secondary N) is 2. The number of benzene rings is 1. The molecule has 2 heterocycles. The molecule has 1 saturated heterocycles. The zero-order valence-corrected chi connectivity index (χ0v) is 21.7. The molecule has 0 saturated carbocycles. The predicted molar refractivity (Wildman–Crippen MR) is 138 cm³/mol. The van der Waals surface area contributed by atoms with Gasteiger partial charge >= 0.3 is 0 Å². The monoisotopic (exact) mass is 489 g/mol. The Morgan fingerprint density at radius 3 is 2.73 bits per heavy atom. The first-order chi connectivity index (χ1) is 15.9. The van der Waals surface area contributed by atoms with Gasteiger partial charge in [0.1, 0.15) is 5.01 Å². The van der Waals surface area contributed by atoms with Crippen LogP contribution in [0.3, 0.4) is 0 Å². The lowest BCUT2D eigenvalue weighted by atomic mass is 10.1. The van der Waals surface area contributed by atoms with Crippen molar-refractivity contribution in [2.75, 3.05) is 43.8 Å². The summed E-state index contributed by atoms with van der Waals surface area (Å²) < 4.78 is 1.97. The summed E-state index contributed by atoms with van der Waals surface area (Å²) in [5, 5.41) is 9.36. The molecule has 9 heteroatoms. The minimum Gasteiger partial charge on any atom is -0.352 e. The van der Waals surface area contributed by atoms with Crippen LogP contribution < -0.4 is 14.9 Å². The van der Waals surface area contributed by atoms with Gasteiger partial charge in [0.15, 0.2) is 0 Å². The average molecular weight is 490 g/mol. The first-order valence-electron chi connectivity index (χ1n) is 11.6. The summed E-state index contributed by atoms with van der Waals surface area (Å²) in [4.78, 5) is 33.0. The fourth-order valence-corrected chi connectivity index (χ4v) is 5.19. The third kappa shape index (κ3) is 6.71. The topological polar surface area (TPSA) is 77.6 Å². The summed E-state index contributed by atoms with van der Waals surface area (Å²) in [6, 6.07) is 5.47. The molecule has 2 amide bonds. The van der Waals surface area contributed by atoms with Crippen LogP contribution in [0.4, 0.5) is 5.69 Å². The van der Waals surface area contributed by atoms with E-state index in [4.69, 9.17) is 0 Å². The van der Waals surface area contributed by atoms with Crippen molar-refractivity contribution in [3.63, 3.8) is 0 Å². The third-order valence-electron chi connectivity index (χ3n) is 5.74. The van der Waals surface area contributed by atoms with E-state index in [9.17, 15) is 9.59 Å². The second kappa shape index (κ2) is 12.4. The molecule has 1 fully saturated rings. The van der Waals surface area contributed by atoms with Crippen LogP contribution >= 0.6 is 23.3 Å². The van der Waals surface area contributed by atoms with Crippen LogP contribution in [-0.4, -0.2) is 61.2 Å². The van der Waals surface area contributed by atoms with Gasteiger partial charge < -0.3 is 19.8 Å². The molecule has 0 bridgehead atoms. The van der Waals surface area contributed by atoms with Gasteiger partial charge in [-0.3, -0.25) is 9.59 Å². The number of amides is 2. The Morgan fingerprint density at radius 2 is 2.03 bits per heavy atom. The van der Waals surface area contributed by atoms with Crippen molar-refractivity contribution in [3.05, 3.63) is 45.4 Å². The molecule has 7 nitrogen and oxygen atoms in total. The van der Waals surface area contributed by atoms with Crippen molar-refractivity contribution in [3.8, 4) is 0 Å². The number of rotatable bonds is 11. The Labute approximate surface area is 205 Å². The van der Waals surface area contributed by atoms with Crippen molar-refractivity contribution in [2.24, 2.45) is 0 Å². The van der Waals surface area contributed by atoms with Gasteiger partial charge in [-0.05, 0) is 63.9 Å². The molecule has 0 spiro atoms. The Morgan fingerprint density at radius 1 is 1.24 bits per heavy atom. The summed E-state index contributed by atoms with van der Waals surface area (Å²) in [7, 11) is 1.94. The number of carbonyl (C=O) groups is 2. The van der Waals surface area contributed by atoms with Gasteiger partial charge in [0.25, 0.3) is 11.8 Å². The van der Waals surface area contributed by atoms with Crippen LogP contribution in [0.15, 0.2) is 23.6 Å². The molecule has 1 aromatic heterocycles. The molecule has 2 aromatic rings. The summed E-state index contributed by atoms with van der Waals surface area (Å²) in [6.45, 7) is 7.28. The second-order valence-corrected chi connectivity index (χ2v) is 10.1. The predicted octanol–water partition coefficient (Wildman–Crippen LogP) is 4.26. The van der Waals surface area contributed by atoms with Gasteiger partial charge in [-0.2, -0.15) is 0 Å². The average Bonchev–Trinajstić information content (AvgIpc) is 3.48. The molecule has 1 aliphatic rings. The maximum Gasteiger partial charge on any atom is 0.254 e. The van der Waals surface area contributed by atoms with Crippen LogP contribution in [0.25, 0.3) is 0 Å². The lowest BCUT2D eigenvalue weighted by Gasteiger charge is -2.24. The molecule has 0 aliphatic carbocycles. The molecule has 1 unspecified atom stereocenters. The Kier molecular flexibility index (Phi) is 9.58. The van der Waals surface area contributed by atoms with Crippen LogP contribution in [-0.2, 0) is 0 Å². The second-order valence-electron chi connectivity index (χ2n) is 8.29. The Bertz CT molecular complexity index is 949. The highest BCUT2D eigenvalue weighted by molar-refractivity contribution is 7.99. The minimum absolute atomic E-state index is 0.00559. The van der Waals surface area contributed by atoms with E-state index in [2.05, 4.69) is 22.5 Å². The van der Waals surface area contributed by atoms with E-state index in [0.29, 0.717) is 24.2 Å². The van der Waals surface area contributed by atoms with Crippen molar-refractivity contribution in [1.82, 2.24) is 20.5 Å². The van der Waals surface area contributed by atoms with Gasteiger partial charge in [0.05, 0.1) is 6.04 Å². The fourth-order valence-electron chi connectivity index (χ4n) is 3.93. The fraction of sp³-hybridized carbons (Fsp3) is 0.542. The molecule has 1 atom stereocenters. The maximum atomic E-state index is 13.6. The van der Waals surface area contributed by atoms with E-state index >= 15 is 0 Å². The highest BCUT2D eigenvalue weighted by Crippen LogP contribution is 2.35. The number of aryl methyl sites for hydroxylation is 1. The number of likely N-dealkylation sites (tertiary alicyclic amines) is 1. The van der Waals surface area contributed by atoms with Crippen LogP contribution in [0.1, 0.15) is 70.1 Å². The molecule has 2 N–H and O–H groups in total. The number of aromatic nitrogens is 1. The van der Waals surface area contributed by atoms with E-state index in [1.54, 1.807) is 29.4 Å². The van der Waals surface area contributed by atoms with Gasteiger partial charge in [0, 0.05) is 54.3 Å². The van der Waals surface area contributed by atoms with Gasteiger partial charge in [-0.15, -0.1) is 11.3 Å². The van der Waals surface area contributed by atoms with Gasteiger partial charge in [-0.25, -0.2) is 4.98 Å². The lowest BCUT2D eigenvalue weighted by Crippen LogP contribution is -2.31. The number of hydrogen-bond donors (Lipinski definition) is 2. The quantitative estimate of drug-likeness (QED) is 0.363. The Hall–Kier alpha value is -2.10. The summed E-state index contributed by atoms with van der Waals surface area (Å²) in [5.74, 6) is -0.191. The molecule has 3 rings (SSSR count). The van der Waals surface area contributed by atoms with E-state index in [0.717, 1.165) is 55.2 Å². The molecule has 1 aliphatic heterocycles. The number of hydrogen-bond acceptors (Lipinski definition) is 7. The third-order valence-corrected chi connectivity index (χ3v) is 7.56. The zero-order chi connectivity index (χ0) is 23.8. The number of nitrogens with zero attached hydrogens (tertiary/aromatic N) is 3.